The van der Waals surface area contributed by atoms with Gasteiger partial charge in [0.1, 0.15) is 11.2 Å². The van der Waals surface area contributed by atoms with E-state index in [-0.39, 0.29) is 43.8 Å². The van der Waals surface area contributed by atoms with Crippen molar-refractivity contribution in [1.82, 2.24) is 0 Å². The van der Waals surface area contributed by atoms with E-state index < -0.39 is 107 Å². The lowest BCUT2D eigenvalue weighted by molar-refractivity contribution is 0.670. The zero-order valence-electron chi connectivity index (χ0n) is 33.9. The monoisotopic (exact) mass is 485 g/mol. The molecule has 1 aromatic heterocycles. The van der Waals surface area contributed by atoms with Gasteiger partial charge in [-0.1, -0.05) is 121 Å². The first-order valence-electron chi connectivity index (χ1n) is 19.0. The molecule has 0 amide bonds. The minimum atomic E-state index is -0.739. The Labute approximate surface area is 235 Å². The fraction of sp³-hybridized carbons (Fsp3) is 0. The molecule has 1 heterocycles. The summed E-state index contributed by atoms with van der Waals surface area (Å²) in [5.74, 6) is 0. The molecule has 0 unspecified atom stereocenters. The maximum absolute atomic E-state index is 9.35. The van der Waals surface area contributed by atoms with E-state index in [0.717, 1.165) is 5.39 Å². The highest BCUT2D eigenvalue weighted by atomic mass is 16.3. The second-order valence-corrected chi connectivity index (χ2v) is 8.53. The summed E-state index contributed by atoms with van der Waals surface area (Å²) in [5.41, 5.74) is 0.140. The van der Waals surface area contributed by atoms with Gasteiger partial charge >= 0.3 is 0 Å². The molecule has 0 saturated carbocycles. The standard InChI is InChI=1S/C36H22O/c1-2-11-24-22-25(21-20-23(24)10-1)34-27-13-3-5-15-29(27)35(30-16-6-4-14-28(30)34)32-18-9-17-31-26-12-7-8-19-33(26)37-36(31)32/h1-22H/i1D,2D,3D,4D,5D,6D,10D,11D,13D,14D,15D,16D,20D,21D,22D. The highest BCUT2D eigenvalue weighted by Gasteiger charge is 2.20. The van der Waals surface area contributed by atoms with Crippen LogP contribution in [0.1, 0.15) is 20.6 Å². The summed E-state index contributed by atoms with van der Waals surface area (Å²) in [6, 6.07) is 2.22. The van der Waals surface area contributed by atoms with Gasteiger partial charge in [0.2, 0.25) is 0 Å². The summed E-state index contributed by atoms with van der Waals surface area (Å²) in [6.07, 6.45) is 0. The van der Waals surface area contributed by atoms with Gasteiger partial charge in [-0.05, 0) is 55.6 Å². The molecule has 0 fully saturated rings. The van der Waals surface area contributed by atoms with E-state index in [2.05, 4.69) is 0 Å². The van der Waals surface area contributed by atoms with Crippen molar-refractivity contribution in [3.63, 3.8) is 0 Å². The Morgan fingerprint density at radius 3 is 1.86 bits per heavy atom. The van der Waals surface area contributed by atoms with Crippen molar-refractivity contribution in [3.8, 4) is 22.3 Å². The molecule has 1 nitrogen and oxygen atoms in total. The third-order valence-electron chi connectivity index (χ3n) is 6.55. The smallest absolute Gasteiger partial charge is 0.143 e. The van der Waals surface area contributed by atoms with E-state index in [0.29, 0.717) is 11.0 Å². The number of rotatable bonds is 2. The van der Waals surface area contributed by atoms with Crippen LogP contribution in [0.2, 0.25) is 0 Å². The van der Waals surface area contributed by atoms with Crippen LogP contribution in [-0.4, -0.2) is 0 Å². The van der Waals surface area contributed by atoms with Crippen molar-refractivity contribution in [1.29, 1.82) is 0 Å². The summed E-state index contributed by atoms with van der Waals surface area (Å²) in [4.78, 5) is 0. The molecule has 1 heteroatoms. The van der Waals surface area contributed by atoms with Crippen LogP contribution >= 0.6 is 0 Å². The molecular weight excluding hydrogens is 448 g/mol. The lowest BCUT2D eigenvalue weighted by Crippen LogP contribution is -1.91. The fourth-order valence-electron chi connectivity index (χ4n) is 4.99. The van der Waals surface area contributed by atoms with Crippen LogP contribution < -0.4 is 0 Å². The maximum atomic E-state index is 9.35. The topological polar surface area (TPSA) is 13.1 Å². The van der Waals surface area contributed by atoms with Crippen molar-refractivity contribution >= 4 is 54.3 Å². The van der Waals surface area contributed by atoms with Crippen molar-refractivity contribution in [2.75, 3.05) is 0 Å². The van der Waals surface area contributed by atoms with Gasteiger partial charge in [0.15, 0.2) is 0 Å². The van der Waals surface area contributed by atoms with Gasteiger partial charge in [0.05, 0.1) is 20.6 Å². The van der Waals surface area contributed by atoms with E-state index in [9.17, 15) is 6.85 Å². The quantitative estimate of drug-likeness (QED) is 0.222. The van der Waals surface area contributed by atoms with Crippen molar-refractivity contribution in [2.45, 2.75) is 0 Å². The summed E-state index contributed by atoms with van der Waals surface area (Å²) < 4.78 is 139. The molecule has 8 aromatic rings. The number of hydrogen-bond donors (Lipinski definition) is 0. The minimum Gasteiger partial charge on any atom is -0.455 e. The normalized spacial score (nSPS) is 17.5. The van der Waals surface area contributed by atoms with E-state index in [4.69, 9.17) is 18.1 Å². The molecule has 0 saturated heterocycles. The Hall–Kier alpha value is -4.88. The molecule has 0 N–H and O–H groups in total. The molecule has 7 aromatic carbocycles. The van der Waals surface area contributed by atoms with Gasteiger partial charge in [0, 0.05) is 21.9 Å². The Kier molecular flexibility index (Phi) is 2.24. The molecule has 8 rings (SSSR count). The third kappa shape index (κ3) is 2.98. The first-order valence-corrected chi connectivity index (χ1v) is 11.5. The summed E-state index contributed by atoms with van der Waals surface area (Å²) in [7, 11) is 0. The average Bonchev–Trinajstić information content (AvgIpc) is 3.52. The fourth-order valence-corrected chi connectivity index (χ4v) is 4.99. The average molecular weight is 486 g/mol. The third-order valence-corrected chi connectivity index (χ3v) is 6.55. The van der Waals surface area contributed by atoms with Crippen LogP contribution in [0.5, 0.6) is 0 Å². The van der Waals surface area contributed by atoms with Crippen LogP contribution in [0.25, 0.3) is 76.5 Å². The molecule has 0 aliphatic heterocycles. The van der Waals surface area contributed by atoms with Crippen LogP contribution in [0.4, 0.5) is 0 Å². The first-order chi connectivity index (χ1) is 24.6. The Balaban J connectivity index is 1.74. The van der Waals surface area contributed by atoms with Gasteiger partial charge in [0.25, 0.3) is 0 Å². The molecule has 0 atom stereocenters. The Morgan fingerprint density at radius 2 is 1.11 bits per heavy atom. The molecule has 0 radical (unpaired) electrons. The highest BCUT2D eigenvalue weighted by Crippen LogP contribution is 2.46. The second-order valence-electron chi connectivity index (χ2n) is 8.53. The molecule has 0 aliphatic rings. The zero-order valence-corrected chi connectivity index (χ0v) is 18.9. The number of hydrogen-bond acceptors (Lipinski definition) is 1. The Bertz CT molecular complexity index is 2890. The molecule has 172 valence electrons. The van der Waals surface area contributed by atoms with Gasteiger partial charge in [-0.15, -0.1) is 0 Å². The zero-order chi connectivity index (χ0) is 37.4. The summed E-state index contributed by atoms with van der Waals surface area (Å²) >= 11 is 0. The highest BCUT2D eigenvalue weighted by molar-refractivity contribution is 6.24. The predicted octanol–water partition coefficient (Wildman–Crippen LogP) is 10.4. The molecule has 37 heavy (non-hydrogen) atoms. The van der Waals surface area contributed by atoms with Gasteiger partial charge in [-0.3, -0.25) is 0 Å². The SMILES string of the molecule is [2H]c1c([2H])c([2H])c2c([2H])c(-c3c4c([2H])c([2H])c([2H])c([2H])c4c(-c4cccc5c4oc4ccccc45)c4c([2H])c([2H])c([2H])c([2H])c34)c([2H])c([2H])c2c1[2H]. The lowest BCUT2D eigenvalue weighted by atomic mass is 9.85. The van der Waals surface area contributed by atoms with Crippen LogP contribution in [0, 0.1) is 0 Å². The Morgan fingerprint density at radius 1 is 0.486 bits per heavy atom. The number of furan rings is 1. The van der Waals surface area contributed by atoms with Crippen LogP contribution in [0.3, 0.4) is 0 Å². The second kappa shape index (κ2) is 7.81. The molecular formula is C36H22O. The summed E-state index contributed by atoms with van der Waals surface area (Å²) in [6.45, 7) is 0. The molecule has 0 spiro atoms. The number of para-hydroxylation sites is 2. The number of benzene rings is 7. The maximum Gasteiger partial charge on any atom is 0.143 e. The molecule has 0 bridgehead atoms. The van der Waals surface area contributed by atoms with Crippen molar-refractivity contribution in [3.05, 3.63) is 133 Å². The van der Waals surface area contributed by atoms with Crippen LogP contribution in [-0.2, 0) is 0 Å². The minimum absolute atomic E-state index is 0.00993. The molecule has 0 aliphatic carbocycles. The van der Waals surface area contributed by atoms with Crippen molar-refractivity contribution < 1.29 is 25.0 Å². The predicted molar refractivity (Wildman–Crippen MR) is 157 cm³/mol. The largest absolute Gasteiger partial charge is 0.455 e. The number of fused-ring (bicyclic) bond motifs is 6. The van der Waals surface area contributed by atoms with E-state index in [1.807, 2.05) is 12.1 Å². The van der Waals surface area contributed by atoms with Gasteiger partial charge in [-0.2, -0.15) is 0 Å². The van der Waals surface area contributed by atoms with Crippen molar-refractivity contribution in [2.24, 2.45) is 0 Å². The van der Waals surface area contributed by atoms with Gasteiger partial charge in [-0.25, -0.2) is 0 Å². The summed E-state index contributed by atoms with van der Waals surface area (Å²) in [5, 5.41) is -0.504. The van der Waals surface area contributed by atoms with E-state index >= 15 is 0 Å². The van der Waals surface area contributed by atoms with Gasteiger partial charge < -0.3 is 4.42 Å². The van der Waals surface area contributed by atoms with E-state index in [1.165, 1.54) is 0 Å². The first kappa shape index (κ1) is 10.6. The lowest BCUT2D eigenvalue weighted by Gasteiger charge is -2.18. The van der Waals surface area contributed by atoms with Crippen LogP contribution in [0.15, 0.2) is 138 Å². The van der Waals surface area contributed by atoms with E-state index in [1.54, 1.807) is 30.3 Å².